The Balaban J connectivity index is 2.30. The second kappa shape index (κ2) is 9.58. The molecule has 0 bridgehead atoms. The molecule has 0 radical (unpaired) electrons. The number of nitrogens with one attached hydrogen (secondary N) is 1. The maximum Gasteiger partial charge on any atom is 0.338 e. The lowest BCUT2D eigenvalue weighted by Crippen LogP contribution is -2.42. The summed E-state index contributed by atoms with van der Waals surface area (Å²) in [5.74, 6) is -1.04. The lowest BCUT2D eigenvalue weighted by atomic mass is 10.1. The van der Waals surface area contributed by atoms with Gasteiger partial charge >= 0.3 is 5.97 Å². The fourth-order valence-electron chi connectivity index (χ4n) is 3.24. The van der Waals surface area contributed by atoms with Crippen LogP contribution in [0.5, 0.6) is 5.75 Å². The van der Waals surface area contributed by atoms with Gasteiger partial charge in [-0.15, -0.1) is 0 Å². The average Bonchev–Trinajstić information content (AvgIpc) is 2.66. The molecule has 1 heterocycles. The Morgan fingerprint density at radius 2 is 1.90 bits per heavy atom. The molecule has 1 amide bonds. The minimum Gasteiger partial charge on any atom is -0.495 e. The number of esters is 1. The summed E-state index contributed by atoms with van der Waals surface area (Å²) in [6, 6.07) is 3.89. The molecule has 1 aliphatic heterocycles. The summed E-state index contributed by atoms with van der Waals surface area (Å²) in [5.41, 5.74) is 0.0400. The van der Waals surface area contributed by atoms with E-state index in [1.165, 1.54) is 36.5 Å². The van der Waals surface area contributed by atoms with Crippen molar-refractivity contribution in [3.8, 4) is 5.75 Å². The normalized spacial score (nSPS) is 18.9. The Morgan fingerprint density at radius 3 is 2.48 bits per heavy atom. The number of methoxy groups -OCH3 is 1. The van der Waals surface area contributed by atoms with Gasteiger partial charge in [0.1, 0.15) is 10.6 Å². The number of sulfonamides is 1. The Hall–Kier alpha value is -2.13. The minimum atomic E-state index is -3.85. The number of rotatable bonds is 7. The third-order valence-electron chi connectivity index (χ3n) is 4.81. The molecule has 0 aliphatic carbocycles. The monoisotopic (exact) mass is 426 g/mol. The van der Waals surface area contributed by atoms with Gasteiger partial charge in [-0.25, -0.2) is 13.2 Å². The van der Waals surface area contributed by atoms with Gasteiger partial charge in [0.2, 0.25) is 10.0 Å². The maximum atomic E-state index is 13.2. The molecule has 2 atom stereocenters. The average molecular weight is 427 g/mol. The van der Waals surface area contributed by atoms with E-state index in [0.717, 1.165) is 19.3 Å². The molecule has 1 saturated heterocycles. The van der Waals surface area contributed by atoms with Gasteiger partial charge < -0.3 is 14.8 Å². The number of nitrogens with zero attached hydrogens (tertiary/aromatic N) is 1. The largest absolute Gasteiger partial charge is 0.495 e. The number of piperidine rings is 1. The van der Waals surface area contributed by atoms with Gasteiger partial charge in [0.05, 0.1) is 12.7 Å². The second-order valence-electron chi connectivity index (χ2n) is 7.54. The summed E-state index contributed by atoms with van der Waals surface area (Å²) in [6.45, 7) is 7.36. The summed E-state index contributed by atoms with van der Waals surface area (Å²) in [5, 5.41) is 2.66. The third-order valence-corrected chi connectivity index (χ3v) is 6.85. The van der Waals surface area contributed by atoms with Crippen molar-refractivity contribution in [2.24, 2.45) is 0 Å². The molecule has 0 spiro atoms. The number of hydrogen-bond donors (Lipinski definition) is 1. The molecular formula is C20H30N2O6S. The van der Waals surface area contributed by atoms with Crippen molar-refractivity contribution >= 4 is 21.9 Å². The third kappa shape index (κ3) is 5.48. The van der Waals surface area contributed by atoms with Crippen LogP contribution in [0, 0.1) is 0 Å². The van der Waals surface area contributed by atoms with Gasteiger partial charge in [-0.3, -0.25) is 4.79 Å². The Labute approximate surface area is 172 Å². The van der Waals surface area contributed by atoms with E-state index in [2.05, 4.69) is 5.32 Å². The molecular weight excluding hydrogens is 396 g/mol. The zero-order valence-electron chi connectivity index (χ0n) is 17.6. The second-order valence-corrected chi connectivity index (χ2v) is 9.40. The topological polar surface area (TPSA) is 102 Å². The van der Waals surface area contributed by atoms with E-state index in [-0.39, 0.29) is 28.3 Å². The van der Waals surface area contributed by atoms with E-state index in [0.29, 0.717) is 6.54 Å². The van der Waals surface area contributed by atoms with Crippen molar-refractivity contribution in [2.75, 3.05) is 13.7 Å². The lowest BCUT2D eigenvalue weighted by molar-refractivity contribution is -0.129. The van der Waals surface area contributed by atoms with Crippen molar-refractivity contribution in [3.63, 3.8) is 0 Å². The number of amides is 1. The summed E-state index contributed by atoms with van der Waals surface area (Å²) < 4.78 is 38.4. The molecule has 1 aliphatic rings. The Kier molecular flexibility index (Phi) is 7.65. The van der Waals surface area contributed by atoms with Crippen LogP contribution in [0.4, 0.5) is 0 Å². The van der Waals surface area contributed by atoms with E-state index < -0.39 is 28.0 Å². The molecule has 1 aromatic carbocycles. The standard InChI is InChI=1S/C20H30N2O6S/c1-13(2)21-19(23)15(4)28-20(24)16-9-10-17(27-5)18(12-16)29(25,26)22-11-7-6-8-14(22)3/h9-10,12-15H,6-8,11H2,1-5H3,(H,21,23). The highest BCUT2D eigenvalue weighted by Crippen LogP contribution is 2.31. The number of hydrogen-bond acceptors (Lipinski definition) is 6. The Morgan fingerprint density at radius 1 is 1.21 bits per heavy atom. The fourth-order valence-corrected chi connectivity index (χ4v) is 5.13. The summed E-state index contributed by atoms with van der Waals surface area (Å²) in [6.07, 6.45) is 1.55. The van der Waals surface area contributed by atoms with Crippen LogP contribution < -0.4 is 10.1 Å². The van der Waals surface area contributed by atoms with E-state index >= 15 is 0 Å². The van der Waals surface area contributed by atoms with Crippen LogP contribution >= 0.6 is 0 Å². The molecule has 29 heavy (non-hydrogen) atoms. The summed E-state index contributed by atoms with van der Waals surface area (Å²) >= 11 is 0. The van der Waals surface area contributed by atoms with Crippen LogP contribution in [0.1, 0.15) is 57.3 Å². The summed E-state index contributed by atoms with van der Waals surface area (Å²) in [7, 11) is -2.47. The van der Waals surface area contributed by atoms with Crippen LogP contribution in [0.25, 0.3) is 0 Å². The van der Waals surface area contributed by atoms with Crippen LogP contribution in [0.2, 0.25) is 0 Å². The van der Waals surface area contributed by atoms with Crippen LogP contribution in [0.15, 0.2) is 23.1 Å². The highest BCUT2D eigenvalue weighted by Gasteiger charge is 2.34. The molecule has 1 fully saturated rings. The quantitative estimate of drug-likeness (QED) is 0.672. The highest BCUT2D eigenvalue weighted by atomic mass is 32.2. The van der Waals surface area contributed by atoms with E-state index in [9.17, 15) is 18.0 Å². The number of carbonyl (C=O) groups is 2. The first-order chi connectivity index (χ1) is 13.6. The molecule has 9 heteroatoms. The summed E-state index contributed by atoms with van der Waals surface area (Å²) in [4.78, 5) is 24.4. The number of ether oxygens (including phenoxy) is 2. The molecule has 0 saturated carbocycles. The first kappa shape index (κ1) is 23.2. The molecule has 162 valence electrons. The van der Waals surface area contributed by atoms with Gasteiger partial charge in [0.25, 0.3) is 5.91 Å². The highest BCUT2D eigenvalue weighted by molar-refractivity contribution is 7.89. The first-order valence-corrected chi connectivity index (χ1v) is 11.2. The number of carbonyl (C=O) groups excluding carboxylic acids is 2. The van der Waals surface area contributed by atoms with Crippen molar-refractivity contribution in [2.45, 2.75) is 70.0 Å². The van der Waals surface area contributed by atoms with Crippen molar-refractivity contribution in [1.29, 1.82) is 0 Å². The smallest absolute Gasteiger partial charge is 0.338 e. The molecule has 0 aromatic heterocycles. The minimum absolute atomic E-state index is 0.0400. The Bertz CT molecular complexity index is 853. The molecule has 2 rings (SSSR count). The van der Waals surface area contributed by atoms with E-state index in [4.69, 9.17) is 9.47 Å². The predicted molar refractivity (Wildman–Crippen MR) is 108 cm³/mol. The number of benzene rings is 1. The van der Waals surface area contributed by atoms with Crippen LogP contribution in [0.3, 0.4) is 0 Å². The van der Waals surface area contributed by atoms with Gasteiger partial charge in [-0.1, -0.05) is 6.42 Å². The van der Waals surface area contributed by atoms with Crippen molar-refractivity contribution in [1.82, 2.24) is 9.62 Å². The van der Waals surface area contributed by atoms with Crippen molar-refractivity contribution < 1.29 is 27.5 Å². The van der Waals surface area contributed by atoms with Gasteiger partial charge in [-0.05, 0) is 58.7 Å². The molecule has 1 N–H and O–H groups in total. The van der Waals surface area contributed by atoms with Gasteiger partial charge in [0, 0.05) is 18.6 Å². The predicted octanol–water partition coefficient (Wildman–Crippen LogP) is 2.33. The van der Waals surface area contributed by atoms with E-state index in [1.807, 2.05) is 6.92 Å². The molecule has 1 aromatic rings. The van der Waals surface area contributed by atoms with Gasteiger partial charge in [0.15, 0.2) is 6.10 Å². The first-order valence-electron chi connectivity index (χ1n) is 9.79. The van der Waals surface area contributed by atoms with Crippen LogP contribution in [-0.4, -0.2) is 56.4 Å². The maximum absolute atomic E-state index is 13.2. The lowest BCUT2D eigenvalue weighted by Gasteiger charge is -2.32. The zero-order valence-corrected chi connectivity index (χ0v) is 18.4. The van der Waals surface area contributed by atoms with Crippen molar-refractivity contribution in [3.05, 3.63) is 23.8 Å². The SMILES string of the molecule is COc1ccc(C(=O)OC(C)C(=O)NC(C)C)cc1S(=O)(=O)N1CCCCC1C. The van der Waals surface area contributed by atoms with Crippen LogP contribution in [-0.2, 0) is 19.6 Å². The van der Waals surface area contributed by atoms with E-state index in [1.54, 1.807) is 13.8 Å². The fraction of sp³-hybridized carbons (Fsp3) is 0.600. The molecule has 2 unspecified atom stereocenters. The molecule has 8 nitrogen and oxygen atoms in total. The zero-order chi connectivity index (χ0) is 21.8. The van der Waals surface area contributed by atoms with Gasteiger partial charge in [-0.2, -0.15) is 4.31 Å².